The normalized spacial score (nSPS) is 11.9. The second kappa shape index (κ2) is 7.82. The Balaban J connectivity index is 1.99. The summed E-state index contributed by atoms with van der Waals surface area (Å²) in [4.78, 5) is 12.6. The standard InChI is InChI=1S/C17H18ClNO3/c18-16-9-5-4-8-14(16)10-15(20)12-19(17(21)22)11-13-6-2-1-3-7-13/h1-9,15,20H,10-12H2,(H,21,22). The van der Waals surface area contributed by atoms with E-state index in [0.29, 0.717) is 11.4 Å². The predicted octanol–water partition coefficient (Wildman–Crippen LogP) is 3.42. The third-order valence-electron chi connectivity index (χ3n) is 3.33. The maximum atomic E-state index is 11.3. The molecule has 116 valence electrons. The number of rotatable bonds is 6. The van der Waals surface area contributed by atoms with E-state index < -0.39 is 12.2 Å². The quantitative estimate of drug-likeness (QED) is 0.857. The van der Waals surface area contributed by atoms with Crippen molar-refractivity contribution >= 4 is 17.7 Å². The highest BCUT2D eigenvalue weighted by Gasteiger charge is 2.18. The zero-order valence-corrected chi connectivity index (χ0v) is 12.8. The molecule has 0 aromatic heterocycles. The summed E-state index contributed by atoms with van der Waals surface area (Å²) in [7, 11) is 0. The van der Waals surface area contributed by atoms with Crippen molar-refractivity contribution in [2.24, 2.45) is 0 Å². The van der Waals surface area contributed by atoms with E-state index in [-0.39, 0.29) is 13.1 Å². The van der Waals surface area contributed by atoms with Gasteiger partial charge in [0.25, 0.3) is 0 Å². The Morgan fingerprint density at radius 3 is 2.36 bits per heavy atom. The Bertz CT molecular complexity index is 618. The fourth-order valence-electron chi connectivity index (χ4n) is 2.25. The minimum absolute atomic E-state index is 0.0372. The van der Waals surface area contributed by atoms with Gasteiger partial charge in [-0.25, -0.2) is 4.79 Å². The number of carboxylic acid groups (broad SMARTS) is 1. The molecule has 0 aliphatic heterocycles. The van der Waals surface area contributed by atoms with Gasteiger partial charge in [-0.3, -0.25) is 0 Å². The van der Waals surface area contributed by atoms with Crippen LogP contribution in [0.5, 0.6) is 0 Å². The number of carbonyl (C=O) groups is 1. The van der Waals surface area contributed by atoms with E-state index in [0.717, 1.165) is 11.1 Å². The summed E-state index contributed by atoms with van der Waals surface area (Å²) < 4.78 is 0. The van der Waals surface area contributed by atoms with E-state index in [4.69, 9.17) is 11.6 Å². The number of hydrogen-bond acceptors (Lipinski definition) is 2. The molecule has 0 spiro atoms. The van der Waals surface area contributed by atoms with Crippen molar-refractivity contribution in [1.82, 2.24) is 4.90 Å². The van der Waals surface area contributed by atoms with E-state index in [1.807, 2.05) is 48.5 Å². The minimum Gasteiger partial charge on any atom is -0.465 e. The Hall–Kier alpha value is -2.04. The van der Waals surface area contributed by atoms with E-state index >= 15 is 0 Å². The lowest BCUT2D eigenvalue weighted by Crippen LogP contribution is -2.37. The molecule has 1 unspecified atom stereocenters. The summed E-state index contributed by atoms with van der Waals surface area (Å²) in [5, 5.41) is 20.0. The molecule has 1 atom stereocenters. The Morgan fingerprint density at radius 1 is 1.09 bits per heavy atom. The molecule has 0 aliphatic carbocycles. The van der Waals surface area contributed by atoms with Crippen molar-refractivity contribution in [3.63, 3.8) is 0 Å². The number of halogens is 1. The first-order valence-electron chi connectivity index (χ1n) is 6.99. The van der Waals surface area contributed by atoms with Crippen molar-refractivity contribution in [2.45, 2.75) is 19.1 Å². The van der Waals surface area contributed by atoms with E-state index in [1.165, 1.54) is 4.90 Å². The molecule has 5 heteroatoms. The van der Waals surface area contributed by atoms with Gasteiger partial charge in [-0.15, -0.1) is 0 Å². The van der Waals surface area contributed by atoms with Crippen LogP contribution in [-0.4, -0.2) is 33.9 Å². The summed E-state index contributed by atoms with van der Waals surface area (Å²) >= 11 is 6.06. The smallest absolute Gasteiger partial charge is 0.407 e. The molecule has 22 heavy (non-hydrogen) atoms. The van der Waals surface area contributed by atoms with Gasteiger partial charge in [0.2, 0.25) is 0 Å². The second-order valence-corrected chi connectivity index (χ2v) is 5.51. The zero-order chi connectivity index (χ0) is 15.9. The van der Waals surface area contributed by atoms with Gasteiger partial charge in [0, 0.05) is 18.0 Å². The number of benzene rings is 2. The van der Waals surface area contributed by atoms with Gasteiger partial charge in [0.15, 0.2) is 0 Å². The third kappa shape index (κ3) is 4.76. The monoisotopic (exact) mass is 319 g/mol. The SMILES string of the molecule is O=C(O)N(Cc1ccccc1)CC(O)Cc1ccccc1Cl. The lowest BCUT2D eigenvalue weighted by molar-refractivity contribution is 0.0935. The highest BCUT2D eigenvalue weighted by atomic mass is 35.5. The molecule has 0 saturated heterocycles. The summed E-state index contributed by atoms with van der Waals surface area (Å²) in [5.74, 6) is 0. The zero-order valence-electron chi connectivity index (χ0n) is 12.0. The van der Waals surface area contributed by atoms with E-state index in [1.54, 1.807) is 6.07 Å². The molecular formula is C17H18ClNO3. The van der Waals surface area contributed by atoms with Crippen LogP contribution in [0.4, 0.5) is 4.79 Å². The van der Waals surface area contributed by atoms with Crippen molar-refractivity contribution in [2.75, 3.05) is 6.54 Å². The Morgan fingerprint density at radius 2 is 1.73 bits per heavy atom. The van der Waals surface area contributed by atoms with Crippen molar-refractivity contribution in [1.29, 1.82) is 0 Å². The van der Waals surface area contributed by atoms with Gasteiger partial charge in [0.1, 0.15) is 0 Å². The molecule has 2 aromatic carbocycles. The van der Waals surface area contributed by atoms with Crippen molar-refractivity contribution in [3.8, 4) is 0 Å². The first-order valence-corrected chi connectivity index (χ1v) is 7.37. The highest BCUT2D eigenvalue weighted by Crippen LogP contribution is 2.17. The van der Waals surface area contributed by atoms with Crippen LogP contribution < -0.4 is 0 Å². The van der Waals surface area contributed by atoms with Gasteiger partial charge in [-0.1, -0.05) is 60.1 Å². The number of nitrogens with zero attached hydrogens (tertiary/aromatic N) is 1. The average Bonchev–Trinajstić information content (AvgIpc) is 2.50. The van der Waals surface area contributed by atoms with E-state index in [9.17, 15) is 15.0 Å². The Kier molecular flexibility index (Phi) is 5.81. The summed E-state index contributed by atoms with van der Waals surface area (Å²) in [6.07, 6.45) is -1.54. The lowest BCUT2D eigenvalue weighted by Gasteiger charge is -2.23. The summed E-state index contributed by atoms with van der Waals surface area (Å²) in [6, 6.07) is 16.5. The van der Waals surface area contributed by atoms with Gasteiger partial charge in [0.05, 0.1) is 12.6 Å². The fourth-order valence-corrected chi connectivity index (χ4v) is 2.46. The summed E-state index contributed by atoms with van der Waals surface area (Å²) in [5.41, 5.74) is 1.69. The minimum atomic E-state index is -1.05. The average molecular weight is 320 g/mol. The van der Waals surface area contributed by atoms with Gasteiger partial charge in [-0.05, 0) is 17.2 Å². The van der Waals surface area contributed by atoms with Gasteiger partial charge >= 0.3 is 6.09 Å². The van der Waals surface area contributed by atoms with E-state index in [2.05, 4.69) is 0 Å². The first kappa shape index (κ1) is 16.3. The Labute approximate surface area is 134 Å². The molecule has 2 rings (SSSR count). The maximum Gasteiger partial charge on any atom is 0.407 e. The number of amides is 1. The van der Waals surface area contributed by atoms with Crippen molar-refractivity contribution in [3.05, 3.63) is 70.7 Å². The predicted molar refractivity (Wildman–Crippen MR) is 86.0 cm³/mol. The molecule has 0 bridgehead atoms. The van der Waals surface area contributed by atoms with Crippen LogP contribution in [-0.2, 0) is 13.0 Å². The first-order chi connectivity index (χ1) is 10.6. The van der Waals surface area contributed by atoms with Crippen LogP contribution in [0.1, 0.15) is 11.1 Å². The molecule has 1 amide bonds. The van der Waals surface area contributed by atoms with Gasteiger partial charge in [-0.2, -0.15) is 0 Å². The molecule has 0 saturated carbocycles. The third-order valence-corrected chi connectivity index (χ3v) is 3.70. The number of hydrogen-bond donors (Lipinski definition) is 2. The topological polar surface area (TPSA) is 60.8 Å². The molecule has 2 aromatic rings. The van der Waals surface area contributed by atoms with Crippen LogP contribution in [0.15, 0.2) is 54.6 Å². The molecule has 0 aliphatic rings. The van der Waals surface area contributed by atoms with Crippen LogP contribution in [0.3, 0.4) is 0 Å². The van der Waals surface area contributed by atoms with Crippen molar-refractivity contribution < 1.29 is 15.0 Å². The van der Waals surface area contributed by atoms with Gasteiger partial charge < -0.3 is 15.1 Å². The highest BCUT2D eigenvalue weighted by molar-refractivity contribution is 6.31. The summed E-state index contributed by atoms with van der Waals surface area (Å²) in [6.45, 7) is 0.283. The molecule has 2 N–H and O–H groups in total. The lowest BCUT2D eigenvalue weighted by atomic mass is 10.1. The molecular weight excluding hydrogens is 302 g/mol. The van der Waals surface area contributed by atoms with Crippen LogP contribution in [0.2, 0.25) is 5.02 Å². The number of aliphatic hydroxyl groups excluding tert-OH is 1. The molecule has 0 fully saturated rings. The fraction of sp³-hybridized carbons (Fsp3) is 0.235. The number of aliphatic hydroxyl groups is 1. The molecule has 0 heterocycles. The second-order valence-electron chi connectivity index (χ2n) is 5.10. The van der Waals surface area contributed by atoms with Crippen LogP contribution >= 0.6 is 11.6 Å². The molecule has 4 nitrogen and oxygen atoms in total. The molecule has 0 radical (unpaired) electrons. The largest absolute Gasteiger partial charge is 0.465 e. The maximum absolute atomic E-state index is 11.3. The van der Waals surface area contributed by atoms with Crippen LogP contribution in [0.25, 0.3) is 0 Å². The van der Waals surface area contributed by atoms with Crippen LogP contribution in [0, 0.1) is 0 Å².